The number of ether oxygens (including phenoxy) is 1. The molecule has 3 rings (SSSR count). The minimum absolute atomic E-state index is 0. The van der Waals surface area contributed by atoms with Crippen LogP contribution in [-0.2, 0) is 14.1 Å². The van der Waals surface area contributed by atoms with Crippen LogP contribution in [0.1, 0.15) is 6.42 Å². The molecule has 0 unspecified atom stereocenters. The largest absolute Gasteiger partial charge is 0.494 e. The molecule has 1 saturated heterocycles. The van der Waals surface area contributed by atoms with Crippen molar-refractivity contribution in [2.75, 3.05) is 44.2 Å². The van der Waals surface area contributed by atoms with Gasteiger partial charge in [-0.15, -0.1) is 12.4 Å². The van der Waals surface area contributed by atoms with E-state index in [-0.39, 0.29) is 23.7 Å². The van der Waals surface area contributed by atoms with E-state index >= 15 is 0 Å². The van der Waals surface area contributed by atoms with Crippen molar-refractivity contribution in [2.24, 2.45) is 14.1 Å². The average molecular weight is 429 g/mol. The van der Waals surface area contributed by atoms with E-state index in [1.54, 1.807) is 7.05 Å². The van der Waals surface area contributed by atoms with Crippen LogP contribution >= 0.6 is 24.0 Å². The highest BCUT2D eigenvalue weighted by atomic mass is 35.5. The van der Waals surface area contributed by atoms with Gasteiger partial charge >= 0.3 is 5.69 Å². The van der Waals surface area contributed by atoms with Crippen molar-refractivity contribution in [3.05, 3.63) is 56.2 Å². The minimum Gasteiger partial charge on any atom is -0.494 e. The van der Waals surface area contributed by atoms with Crippen molar-refractivity contribution in [3.8, 4) is 5.75 Å². The van der Waals surface area contributed by atoms with Crippen LogP contribution in [0.25, 0.3) is 0 Å². The molecule has 2 aromatic rings. The molecule has 1 aromatic carbocycles. The number of nitrogens with zero attached hydrogens (tertiary/aromatic N) is 4. The zero-order valence-corrected chi connectivity index (χ0v) is 17.7. The molecule has 28 heavy (non-hydrogen) atoms. The van der Waals surface area contributed by atoms with E-state index < -0.39 is 0 Å². The van der Waals surface area contributed by atoms with Gasteiger partial charge in [0.2, 0.25) is 0 Å². The van der Waals surface area contributed by atoms with Gasteiger partial charge in [0, 0.05) is 57.9 Å². The van der Waals surface area contributed by atoms with E-state index in [9.17, 15) is 9.59 Å². The summed E-state index contributed by atoms with van der Waals surface area (Å²) in [7, 11) is 3.20. The Hall–Kier alpha value is -1.96. The van der Waals surface area contributed by atoms with Gasteiger partial charge in [0.1, 0.15) is 11.6 Å². The molecule has 9 heteroatoms. The molecule has 0 N–H and O–H groups in total. The van der Waals surface area contributed by atoms with Gasteiger partial charge in [0.25, 0.3) is 5.56 Å². The fourth-order valence-corrected chi connectivity index (χ4v) is 3.36. The lowest BCUT2D eigenvalue weighted by atomic mass is 10.3. The van der Waals surface area contributed by atoms with E-state index in [2.05, 4.69) is 9.80 Å². The highest BCUT2D eigenvalue weighted by Gasteiger charge is 2.20. The molecule has 154 valence electrons. The van der Waals surface area contributed by atoms with E-state index in [0.717, 1.165) is 49.5 Å². The molecule has 0 saturated carbocycles. The number of halogens is 2. The first-order valence-corrected chi connectivity index (χ1v) is 9.46. The maximum Gasteiger partial charge on any atom is 0.332 e. The summed E-state index contributed by atoms with van der Waals surface area (Å²) >= 11 is 5.86. The van der Waals surface area contributed by atoms with Crippen LogP contribution in [0.2, 0.25) is 5.02 Å². The second kappa shape index (κ2) is 10.0. The smallest absolute Gasteiger partial charge is 0.332 e. The van der Waals surface area contributed by atoms with Gasteiger partial charge in [-0.25, -0.2) is 4.79 Å². The summed E-state index contributed by atoms with van der Waals surface area (Å²) in [5, 5.41) is 0.703. The normalized spacial score (nSPS) is 14.6. The molecule has 1 fully saturated rings. The van der Waals surface area contributed by atoms with E-state index in [4.69, 9.17) is 16.3 Å². The average Bonchev–Trinajstić information content (AvgIpc) is 2.68. The highest BCUT2D eigenvalue weighted by Crippen LogP contribution is 2.16. The van der Waals surface area contributed by atoms with Gasteiger partial charge in [0.15, 0.2) is 0 Å². The molecule has 0 radical (unpaired) electrons. The highest BCUT2D eigenvalue weighted by molar-refractivity contribution is 6.30. The predicted octanol–water partition coefficient (Wildman–Crippen LogP) is 1.75. The first kappa shape index (κ1) is 22.3. The van der Waals surface area contributed by atoms with Crippen LogP contribution < -0.4 is 20.9 Å². The van der Waals surface area contributed by atoms with E-state index in [0.29, 0.717) is 17.4 Å². The van der Waals surface area contributed by atoms with Crippen LogP contribution in [0, 0.1) is 0 Å². The van der Waals surface area contributed by atoms with Crippen molar-refractivity contribution in [1.29, 1.82) is 0 Å². The van der Waals surface area contributed by atoms with Gasteiger partial charge < -0.3 is 9.64 Å². The van der Waals surface area contributed by atoms with Gasteiger partial charge in [0.05, 0.1) is 6.61 Å². The Morgan fingerprint density at radius 3 is 2.29 bits per heavy atom. The van der Waals surface area contributed by atoms with Gasteiger partial charge in [-0.1, -0.05) is 11.6 Å². The summed E-state index contributed by atoms with van der Waals surface area (Å²) in [6.07, 6.45) is 0.937. The molecular formula is C19H26Cl2N4O3. The molecule has 0 spiro atoms. The summed E-state index contributed by atoms with van der Waals surface area (Å²) in [5.41, 5.74) is -0.561. The Bertz CT molecular complexity index is 888. The molecule has 2 heterocycles. The monoisotopic (exact) mass is 428 g/mol. The molecular weight excluding hydrogens is 403 g/mol. The van der Waals surface area contributed by atoms with E-state index in [1.165, 1.54) is 17.7 Å². The maximum absolute atomic E-state index is 12.1. The Morgan fingerprint density at radius 1 is 1.00 bits per heavy atom. The summed E-state index contributed by atoms with van der Waals surface area (Å²) in [6.45, 7) is 4.98. The Balaban J connectivity index is 0.00000280. The number of anilines is 1. The van der Waals surface area contributed by atoms with Crippen LogP contribution in [0.4, 0.5) is 5.82 Å². The lowest BCUT2D eigenvalue weighted by Crippen LogP contribution is -2.49. The summed E-state index contributed by atoms with van der Waals surface area (Å²) < 4.78 is 8.39. The molecule has 0 aliphatic carbocycles. The molecule has 1 aromatic heterocycles. The van der Waals surface area contributed by atoms with Crippen molar-refractivity contribution < 1.29 is 4.74 Å². The number of hydrogen-bond donors (Lipinski definition) is 0. The Morgan fingerprint density at radius 2 is 1.64 bits per heavy atom. The number of benzene rings is 1. The van der Waals surface area contributed by atoms with Crippen molar-refractivity contribution >= 4 is 29.8 Å². The third-order valence-electron chi connectivity index (χ3n) is 4.90. The van der Waals surface area contributed by atoms with Crippen molar-refractivity contribution in [2.45, 2.75) is 6.42 Å². The lowest BCUT2D eigenvalue weighted by Gasteiger charge is -2.36. The Labute approximate surface area is 175 Å². The fourth-order valence-electron chi connectivity index (χ4n) is 3.23. The van der Waals surface area contributed by atoms with Crippen LogP contribution in [0.5, 0.6) is 5.75 Å². The number of aromatic nitrogens is 2. The zero-order chi connectivity index (χ0) is 19.4. The second-order valence-corrected chi connectivity index (χ2v) is 7.16. The zero-order valence-electron chi connectivity index (χ0n) is 16.1. The topological polar surface area (TPSA) is 59.7 Å². The molecule has 1 aliphatic rings. The number of hydrogen-bond acceptors (Lipinski definition) is 5. The standard InChI is InChI=1S/C19H25ClN4O3.ClH/c1-21-17(14-18(25)22(2)19(21)26)24-11-9-23(10-12-24)8-3-13-27-16-6-4-15(20)5-7-16;/h4-7,14H,3,8-13H2,1-2H3;1H. The quantitative estimate of drug-likeness (QED) is 0.655. The molecule has 1 aliphatic heterocycles. The third kappa shape index (κ3) is 5.31. The SMILES string of the molecule is Cl.Cn1c(N2CCN(CCCOc3ccc(Cl)cc3)CC2)cc(=O)n(C)c1=O. The summed E-state index contributed by atoms with van der Waals surface area (Å²) in [5.74, 6) is 1.52. The molecule has 0 bridgehead atoms. The lowest BCUT2D eigenvalue weighted by molar-refractivity contribution is 0.224. The van der Waals surface area contributed by atoms with Crippen LogP contribution in [-0.4, -0.2) is 53.4 Å². The van der Waals surface area contributed by atoms with Gasteiger partial charge in [-0.05, 0) is 30.7 Å². The minimum atomic E-state index is -0.292. The first-order chi connectivity index (χ1) is 13.0. The summed E-state index contributed by atoms with van der Waals surface area (Å²) in [4.78, 5) is 28.5. The maximum atomic E-state index is 12.1. The third-order valence-corrected chi connectivity index (χ3v) is 5.15. The predicted molar refractivity (Wildman–Crippen MR) is 114 cm³/mol. The van der Waals surface area contributed by atoms with Crippen molar-refractivity contribution in [1.82, 2.24) is 14.0 Å². The molecule has 0 amide bonds. The molecule has 7 nitrogen and oxygen atoms in total. The first-order valence-electron chi connectivity index (χ1n) is 9.08. The van der Waals surface area contributed by atoms with Crippen molar-refractivity contribution in [3.63, 3.8) is 0 Å². The second-order valence-electron chi connectivity index (χ2n) is 6.73. The number of piperazine rings is 1. The summed E-state index contributed by atoms with van der Waals surface area (Å²) in [6, 6.07) is 8.92. The number of rotatable bonds is 6. The van der Waals surface area contributed by atoms with Gasteiger partial charge in [-0.2, -0.15) is 0 Å². The molecule has 0 atom stereocenters. The van der Waals surface area contributed by atoms with Crippen LogP contribution in [0.3, 0.4) is 0 Å². The Kier molecular flexibility index (Phi) is 7.98. The van der Waals surface area contributed by atoms with Gasteiger partial charge in [-0.3, -0.25) is 18.8 Å². The van der Waals surface area contributed by atoms with Crippen LogP contribution in [0.15, 0.2) is 39.9 Å². The fraction of sp³-hybridized carbons (Fsp3) is 0.474. The van der Waals surface area contributed by atoms with E-state index in [1.807, 2.05) is 24.3 Å².